The van der Waals surface area contributed by atoms with Gasteiger partial charge >= 0.3 is 0 Å². The summed E-state index contributed by atoms with van der Waals surface area (Å²) in [7, 11) is 0. The van der Waals surface area contributed by atoms with Gasteiger partial charge in [-0.15, -0.1) is 0 Å². The maximum Gasteiger partial charge on any atom is 0.223 e. The monoisotopic (exact) mass is 218 g/mol. The van der Waals surface area contributed by atoms with Crippen LogP contribution < -0.4 is 0 Å². The number of hydrogen-bond donors (Lipinski definition) is 0. The summed E-state index contributed by atoms with van der Waals surface area (Å²) in [6.07, 6.45) is -0.386. The lowest BCUT2D eigenvalue weighted by molar-refractivity contribution is -0.156. The predicted octanol–water partition coefficient (Wildman–Crippen LogP) is 1.95. The summed E-state index contributed by atoms with van der Waals surface area (Å²) in [5.74, 6) is 0.621. The number of allylic oxidation sites excluding steroid dienone is 1. The van der Waals surface area contributed by atoms with Gasteiger partial charge in [0.2, 0.25) is 6.29 Å². The van der Waals surface area contributed by atoms with Crippen molar-refractivity contribution in [3.05, 3.63) is 12.3 Å². The second-order valence-electron chi connectivity index (χ2n) is 2.98. The Labute approximate surface area is 92.2 Å². The van der Waals surface area contributed by atoms with Crippen molar-refractivity contribution in [2.75, 3.05) is 33.0 Å². The fourth-order valence-corrected chi connectivity index (χ4v) is 0.937. The molecule has 0 aromatic rings. The second kappa shape index (κ2) is 9.96. The zero-order valence-corrected chi connectivity index (χ0v) is 9.95. The van der Waals surface area contributed by atoms with Crippen molar-refractivity contribution in [3.63, 3.8) is 0 Å². The van der Waals surface area contributed by atoms with Gasteiger partial charge in [0, 0.05) is 13.2 Å². The Kier molecular flexibility index (Phi) is 9.57. The van der Waals surface area contributed by atoms with Crippen LogP contribution in [0.1, 0.15) is 20.8 Å². The van der Waals surface area contributed by atoms with Gasteiger partial charge in [-0.1, -0.05) is 6.58 Å². The van der Waals surface area contributed by atoms with Crippen molar-refractivity contribution in [2.45, 2.75) is 27.1 Å². The maximum atomic E-state index is 5.42. The largest absolute Gasteiger partial charge is 0.468 e. The highest BCUT2D eigenvalue weighted by Crippen LogP contribution is 2.02. The molecule has 0 radical (unpaired) electrons. The molecule has 0 saturated heterocycles. The van der Waals surface area contributed by atoms with Gasteiger partial charge in [-0.25, -0.2) is 0 Å². The SMILES string of the molecule is C=C(C)OC(COCC)OCCOCC. The first-order valence-corrected chi connectivity index (χ1v) is 5.29. The Morgan fingerprint density at radius 2 is 1.80 bits per heavy atom. The van der Waals surface area contributed by atoms with Crippen molar-refractivity contribution in [1.82, 2.24) is 0 Å². The van der Waals surface area contributed by atoms with Crippen LogP contribution in [0.5, 0.6) is 0 Å². The van der Waals surface area contributed by atoms with E-state index in [1.807, 2.05) is 13.8 Å². The highest BCUT2D eigenvalue weighted by Gasteiger charge is 2.09. The molecule has 0 saturated carbocycles. The van der Waals surface area contributed by atoms with Crippen LogP contribution in [0.15, 0.2) is 12.3 Å². The molecule has 4 heteroatoms. The Morgan fingerprint density at radius 3 is 2.33 bits per heavy atom. The van der Waals surface area contributed by atoms with Crippen LogP contribution in [0.4, 0.5) is 0 Å². The molecule has 0 N–H and O–H groups in total. The quantitative estimate of drug-likeness (QED) is 0.319. The van der Waals surface area contributed by atoms with E-state index in [0.717, 1.165) is 0 Å². The summed E-state index contributed by atoms with van der Waals surface area (Å²) >= 11 is 0. The van der Waals surface area contributed by atoms with Crippen molar-refractivity contribution in [3.8, 4) is 0 Å². The van der Waals surface area contributed by atoms with Gasteiger partial charge in [-0.2, -0.15) is 0 Å². The number of rotatable bonds is 10. The molecule has 0 aliphatic carbocycles. The van der Waals surface area contributed by atoms with Crippen LogP contribution >= 0.6 is 0 Å². The molecule has 1 atom stereocenters. The second-order valence-corrected chi connectivity index (χ2v) is 2.98. The smallest absolute Gasteiger partial charge is 0.223 e. The molecule has 90 valence electrons. The first-order valence-electron chi connectivity index (χ1n) is 5.29. The van der Waals surface area contributed by atoms with E-state index < -0.39 is 0 Å². The predicted molar refractivity (Wildman–Crippen MR) is 58.6 cm³/mol. The van der Waals surface area contributed by atoms with Gasteiger partial charge in [0.05, 0.1) is 19.0 Å². The van der Waals surface area contributed by atoms with E-state index in [9.17, 15) is 0 Å². The van der Waals surface area contributed by atoms with E-state index in [1.54, 1.807) is 6.92 Å². The first kappa shape index (κ1) is 14.4. The maximum absolute atomic E-state index is 5.42. The van der Waals surface area contributed by atoms with Gasteiger partial charge in [0.1, 0.15) is 6.61 Å². The van der Waals surface area contributed by atoms with Crippen LogP contribution in [-0.2, 0) is 18.9 Å². The van der Waals surface area contributed by atoms with E-state index in [4.69, 9.17) is 18.9 Å². The molecular formula is C11H22O4. The summed E-state index contributed by atoms with van der Waals surface area (Å²) in [4.78, 5) is 0. The Morgan fingerprint density at radius 1 is 1.13 bits per heavy atom. The number of hydrogen-bond acceptors (Lipinski definition) is 4. The van der Waals surface area contributed by atoms with Crippen LogP contribution in [0.2, 0.25) is 0 Å². The van der Waals surface area contributed by atoms with E-state index >= 15 is 0 Å². The van der Waals surface area contributed by atoms with Gasteiger partial charge in [-0.3, -0.25) is 0 Å². The minimum Gasteiger partial charge on any atom is -0.468 e. The van der Waals surface area contributed by atoms with Gasteiger partial charge in [0.15, 0.2) is 0 Å². The molecule has 0 aromatic heterocycles. The van der Waals surface area contributed by atoms with E-state index in [-0.39, 0.29) is 6.29 Å². The molecule has 0 rings (SSSR count). The average Bonchev–Trinajstić information content (AvgIpc) is 2.19. The molecule has 0 spiro atoms. The Balaban J connectivity index is 3.64. The zero-order chi connectivity index (χ0) is 11.5. The highest BCUT2D eigenvalue weighted by molar-refractivity contribution is 4.74. The van der Waals surface area contributed by atoms with Crippen molar-refractivity contribution in [1.29, 1.82) is 0 Å². The number of ether oxygens (including phenoxy) is 4. The molecule has 0 aromatic carbocycles. The minimum absolute atomic E-state index is 0.386. The lowest BCUT2D eigenvalue weighted by Crippen LogP contribution is -2.24. The highest BCUT2D eigenvalue weighted by atomic mass is 16.7. The molecule has 0 amide bonds. The van der Waals surface area contributed by atoms with Gasteiger partial charge < -0.3 is 18.9 Å². The van der Waals surface area contributed by atoms with E-state index in [1.165, 1.54) is 0 Å². The molecular weight excluding hydrogens is 196 g/mol. The average molecular weight is 218 g/mol. The molecule has 0 aliphatic heterocycles. The molecule has 0 fully saturated rings. The van der Waals surface area contributed by atoms with E-state index in [2.05, 4.69) is 6.58 Å². The van der Waals surface area contributed by atoms with Crippen LogP contribution in [0.25, 0.3) is 0 Å². The van der Waals surface area contributed by atoms with Crippen molar-refractivity contribution < 1.29 is 18.9 Å². The summed E-state index contributed by atoms with van der Waals surface area (Å²) < 4.78 is 21.1. The third kappa shape index (κ3) is 9.72. The van der Waals surface area contributed by atoms with Gasteiger partial charge in [0.25, 0.3) is 0 Å². The van der Waals surface area contributed by atoms with Crippen LogP contribution in [0.3, 0.4) is 0 Å². The molecule has 4 nitrogen and oxygen atoms in total. The van der Waals surface area contributed by atoms with Crippen LogP contribution in [-0.4, -0.2) is 39.3 Å². The van der Waals surface area contributed by atoms with Crippen molar-refractivity contribution in [2.24, 2.45) is 0 Å². The summed E-state index contributed by atoms with van der Waals surface area (Å²) in [5.41, 5.74) is 0. The molecule has 0 aliphatic rings. The molecule has 1 unspecified atom stereocenters. The Bertz CT molecular complexity index is 159. The van der Waals surface area contributed by atoms with E-state index in [0.29, 0.717) is 38.8 Å². The Hall–Kier alpha value is -0.580. The topological polar surface area (TPSA) is 36.9 Å². The lowest BCUT2D eigenvalue weighted by atomic mass is 10.6. The molecule has 15 heavy (non-hydrogen) atoms. The minimum atomic E-state index is -0.386. The normalized spacial score (nSPS) is 12.5. The lowest BCUT2D eigenvalue weighted by Gasteiger charge is -2.19. The fraction of sp³-hybridized carbons (Fsp3) is 0.818. The summed E-state index contributed by atoms with van der Waals surface area (Å²) in [6.45, 7) is 12.1. The zero-order valence-electron chi connectivity index (χ0n) is 9.95. The van der Waals surface area contributed by atoms with Gasteiger partial charge in [-0.05, 0) is 20.8 Å². The summed E-state index contributed by atoms with van der Waals surface area (Å²) in [6, 6.07) is 0. The first-order chi connectivity index (χ1) is 7.20. The molecule has 0 heterocycles. The third-order valence-electron chi connectivity index (χ3n) is 1.53. The van der Waals surface area contributed by atoms with Crippen LogP contribution in [0, 0.1) is 0 Å². The fourth-order valence-electron chi connectivity index (χ4n) is 0.937. The third-order valence-corrected chi connectivity index (χ3v) is 1.53. The molecule has 0 bridgehead atoms. The summed E-state index contributed by atoms with van der Waals surface area (Å²) in [5, 5.41) is 0. The standard InChI is InChI=1S/C11H22O4/c1-5-12-7-8-14-11(9-13-6-2)15-10(3)4/h11H,3,5-9H2,1-2,4H3. The van der Waals surface area contributed by atoms with Crippen molar-refractivity contribution >= 4 is 0 Å².